The first-order chi connectivity index (χ1) is 8.62. The van der Waals surface area contributed by atoms with E-state index in [2.05, 4.69) is 15.6 Å². The fourth-order valence-corrected chi connectivity index (χ4v) is 2.96. The average Bonchev–Trinajstić information content (AvgIpc) is 2.72. The van der Waals surface area contributed by atoms with Gasteiger partial charge in [0.2, 0.25) is 0 Å². The summed E-state index contributed by atoms with van der Waals surface area (Å²) in [5.41, 5.74) is 0. The van der Waals surface area contributed by atoms with Crippen LogP contribution in [0.25, 0.3) is 0 Å². The Balaban J connectivity index is 2.96. The van der Waals surface area contributed by atoms with Crippen LogP contribution in [0.3, 0.4) is 0 Å². The van der Waals surface area contributed by atoms with Crippen LogP contribution in [0.4, 0.5) is 10.6 Å². The van der Waals surface area contributed by atoms with Crippen LogP contribution in [0.1, 0.15) is 23.5 Å². The summed E-state index contributed by atoms with van der Waals surface area (Å²) in [7, 11) is 1.49. The van der Waals surface area contributed by atoms with E-state index in [-0.39, 0.29) is 12.4 Å². The SMILES string of the molecule is CCOC(=O)c1sc(SCC)nc1NC(=O)NC. The number of urea groups is 1. The average molecular weight is 289 g/mol. The molecule has 0 aliphatic carbocycles. The fraction of sp³-hybridized carbons (Fsp3) is 0.500. The first-order valence-electron chi connectivity index (χ1n) is 5.41. The number of thioether (sulfide) groups is 1. The molecule has 0 spiro atoms. The standard InChI is InChI=1S/C10H15N3O3S2/c1-4-16-8(14)6-7(12-9(15)11-3)13-10(18-6)17-5-2/h4-5H2,1-3H3,(H2,11,12,15). The Morgan fingerprint density at radius 1 is 1.44 bits per heavy atom. The highest BCUT2D eigenvalue weighted by molar-refractivity contribution is 8.01. The van der Waals surface area contributed by atoms with E-state index in [9.17, 15) is 9.59 Å². The lowest BCUT2D eigenvalue weighted by Gasteiger charge is -2.03. The lowest BCUT2D eigenvalue weighted by atomic mass is 10.5. The molecular formula is C10H15N3O3S2. The predicted octanol–water partition coefficient (Wildman–Crippen LogP) is 2.18. The highest BCUT2D eigenvalue weighted by atomic mass is 32.2. The monoisotopic (exact) mass is 289 g/mol. The van der Waals surface area contributed by atoms with Gasteiger partial charge in [0.25, 0.3) is 0 Å². The second-order valence-electron chi connectivity index (χ2n) is 3.02. The Labute approximate surface area is 114 Å². The number of thiazole rings is 1. The van der Waals surface area contributed by atoms with Gasteiger partial charge in [-0.1, -0.05) is 30.0 Å². The van der Waals surface area contributed by atoms with E-state index >= 15 is 0 Å². The third kappa shape index (κ3) is 3.88. The number of hydrogen-bond acceptors (Lipinski definition) is 6. The second-order valence-corrected chi connectivity index (χ2v) is 5.53. The third-order valence-electron chi connectivity index (χ3n) is 1.80. The van der Waals surface area contributed by atoms with Crippen molar-refractivity contribution < 1.29 is 14.3 Å². The molecule has 0 saturated heterocycles. The molecule has 100 valence electrons. The van der Waals surface area contributed by atoms with Crippen molar-refractivity contribution in [2.45, 2.75) is 18.2 Å². The van der Waals surface area contributed by atoms with E-state index in [1.54, 1.807) is 6.92 Å². The summed E-state index contributed by atoms with van der Waals surface area (Å²) in [6.07, 6.45) is 0. The van der Waals surface area contributed by atoms with Crippen molar-refractivity contribution in [1.29, 1.82) is 0 Å². The van der Waals surface area contributed by atoms with Crippen molar-refractivity contribution in [3.05, 3.63) is 4.88 Å². The molecule has 2 amide bonds. The quantitative estimate of drug-likeness (QED) is 0.641. The summed E-state index contributed by atoms with van der Waals surface area (Å²) in [6, 6.07) is -0.418. The third-order valence-corrected chi connectivity index (χ3v) is 3.86. The van der Waals surface area contributed by atoms with Gasteiger partial charge in [-0.05, 0) is 12.7 Å². The zero-order chi connectivity index (χ0) is 13.5. The molecule has 1 aromatic heterocycles. The normalized spacial score (nSPS) is 9.94. The Hall–Kier alpha value is -1.28. The fourth-order valence-electron chi connectivity index (χ4n) is 1.08. The zero-order valence-electron chi connectivity index (χ0n) is 10.4. The van der Waals surface area contributed by atoms with Crippen LogP contribution in [-0.2, 0) is 4.74 Å². The van der Waals surface area contributed by atoms with E-state index in [1.165, 1.54) is 30.1 Å². The summed E-state index contributed by atoms with van der Waals surface area (Å²) >= 11 is 2.73. The summed E-state index contributed by atoms with van der Waals surface area (Å²) < 4.78 is 5.65. The van der Waals surface area contributed by atoms with E-state index in [0.29, 0.717) is 4.88 Å². The molecular weight excluding hydrogens is 274 g/mol. The molecule has 0 atom stereocenters. The second kappa shape index (κ2) is 7.22. The van der Waals surface area contributed by atoms with Crippen molar-refractivity contribution >= 4 is 40.9 Å². The minimum Gasteiger partial charge on any atom is -0.462 e. The van der Waals surface area contributed by atoms with Gasteiger partial charge in [0, 0.05) is 7.05 Å². The highest BCUT2D eigenvalue weighted by Crippen LogP contribution is 2.30. The summed E-state index contributed by atoms with van der Waals surface area (Å²) in [4.78, 5) is 27.5. The van der Waals surface area contributed by atoms with E-state index in [4.69, 9.17) is 4.74 Å². The van der Waals surface area contributed by atoms with Crippen LogP contribution in [0.2, 0.25) is 0 Å². The van der Waals surface area contributed by atoms with Gasteiger partial charge in [-0.3, -0.25) is 5.32 Å². The minimum atomic E-state index is -0.468. The first-order valence-corrected chi connectivity index (χ1v) is 7.22. The van der Waals surface area contributed by atoms with Gasteiger partial charge in [-0.2, -0.15) is 0 Å². The summed E-state index contributed by atoms with van der Waals surface area (Å²) in [5, 5.41) is 4.92. The molecule has 0 fully saturated rings. The Kier molecular flexibility index (Phi) is 5.93. The molecule has 0 aliphatic rings. The number of aromatic nitrogens is 1. The Bertz CT molecular complexity index is 434. The van der Waals surface area contributed by atoms with Crippen LogP contribution >= 0.6 is 23.1 Å². The molecule has 0 radical (unpaired) electrons. The van der Waals surface area contributed by atoms with Gasteiger partial charge in [0.15, 0.2) is 15.0 Å². The smallest absolute Gasteiger partial charge is 0.352 e. The van der Waals surface area contributed by atoms with Crippen LogP contribution in [0.15, 0.2) is 4.34 Å². The van der Waals surface area contributed by atoms with Crippen molar-refractivity contribution in [2.75, 3.05) is 24.7 Å². The topological polar surface area (TPSA) is 80.3 Å². The number of rotatable bonds is 5. The molecule has 1 aromatic rings. The molecule has 1 rings (SSSR count). The molecule has 6 nitrogen and oxygen atoms in total. The van der Waals surface area contributed by atoms with E-state index in [0.717, 1.165) is 10.1 Å². The van der Waals surface area contributed by atoms with Crippen LogP contribution < -0.4 is 10.6 Å². The van der Waals surface area contributed by atoms with Crippen LogP contribution in [0, 0.1) is 0 Å². The number of ether oxygens (including phenoxy) is 1. The highest BCUT2D eigenvalue weighted by Gasteiger charge is 2.20. The minimum absolute atomic E-state index is 0.244. The zero-order valence-corrected chi connectivity index (χ0v) is 12.0. The summed E-state index contributed by atoms with van der Waals surface area (Å²) in [5.74, 6) is 0.618. The van der Waals surface area contributed by atoms with Gasteiger partial charge in [0.1, 0.15) is 0 Å². The van der Waals surface area contributed by atoms with Gasteiger partial charge >= 0.3 is 12.0 Å². The van der Waals surface area contributed by atoms with Crippen molar-refractivity contribution in [3.63, 3.8) is 0 Å². The molecule has 0 bridgehead atoms. The van der Waals surface area contributed by atoms with Gasteiger partial charge in [-0.15, -0.1) is 0 Å². The maximum Gasteiger partial charge on any atom is 0.352 e. The number of amides is 2. The van der Waals surface area contributed by atoms with Gasteiger partial charge < -0.3 is 10.1 Å². The number of anilines is 1. The van der Waals surface area contributed by atoms with E-state index < -0.39 is 12.0 Å². The maximum absolute atomic E-state index is 11.7. The molecule has 0 saturated carbocycles. The Morgan fingerprint density at radius 3 is 2.72 bits per heavy atom. The largest absolute Gasteiger partial charge is 0.462 e. The molecule has 2 N–H and O–H groups in total. The van der Waals surface area contributed by atoms with Gasteiger partial charge in [0.05, 0.1) is 6.61 Å². The number of nitrogens with one attached hydrogen (secondary N) is 2. The van der Waals surface area contributed by atoms with Crippen molar-refractivity contribution in [1.82, 2.24) is 10.3 Å². The van der Waals surface area contributed by atoms with Crippen LogP contribution in [-0.4, -0.2) is 36.4 Å². The molecule has 18 heavy (non-hydrogen) atoms. The number of carbonyl (C=O) groups is 2. The molecule has 0 aliphatic heterocycles. The first kappa shape index (κ1) is 14.8. The molecule has 0 unspecified atom stereocenters. The predicted molar refractivity (Wildman–Crippen MR) is 72.5 cm³/mol. The molecule has 0 aromatic carbocycles. The lowest BCUT2D eigenvalue weighted by Crippen LogP contribution is -2.25. The molecule has 1 heterocycles. The molecule has 8 heteroatoms. The lowest BCUT2D eigenvalue weighted by molar-refractivity contribution is 0.0533. The number of nitrogens with zero attached hydrogens (tertiary/aromatic N) is 1. The van der Waals surface area contributed by atoms with Crippen LogP contribution in [0.5, 0.6) is 0 Å². The Morgan fingerprint density at radius 2 is 2.17 bits per heavy atom. The number of carbonyl (C=O) groups excluding carboxylic acids is 2. The van der Waals surface area contributed by atoms with Crippen molar-refractivity contribution in [3.8, 4) is 0 Å². The van der Waals surface area contributed by atoms with Crippen molar-refractivity contribution in [2.24, 2.45) is 0 Å². The van der Waals surface area contributed by atoms with Gasteiger partial charge in [-0.25, -0.2) is 14.6 Å². The number of esters is 1. The maximum atomic E-state index is 11.7. The number of hydrogen-bond donors (Lipinski definition) is 2. The van der Waals surface area contributed by atoms with E-state index in [1.807, 2.05) is 6.92 Å². The summed E-state index contributed by atoms with van der Waals surface area (Å²) in [6.45, 7) is 4.00.